The summed E-state index contributed by atoms with van der Waals surface area (Å²) >= 11 is 0. The van der Waals surface area contributed by atoms with Gasteiger partial charge in [0.2, 0.25) is 11.8 Å². The second kappa shape index (κ2) is 7.22. The first-order valence-electron chi connectivity index (χ1n) is 5.64. The first-order valence-corrected chi connectivity index (χ1v) is 5.64. The van der Waals surface area contributed by atoms with Crippen molar-refractivity contribution >= 4 is 11.8 Å². The maximum atomic E-state index is 11.6. The lowest BCUT2D eigenvalue weighted by Gasteiger charge is -2.20. The average Bonchev–Trinajstić information content (AvgIpc) is 2.25. The van der Waals surface area contributed by atoms with Crippen LogP contribution in [0.1, 0.15) is 27.2 Å². The highest BCUT2D eigenvalue weighted by atomic mass is 16.2. The Morgan fingerprint density at radius 2 is 1.75 bits per heavy atom. The van der Waals surface area contributed by atoms with Gasteiger partial charge in [-0.05, 0) is 12.3 Å². The van der Waals surface area contributed by atoms with Crippen LogP contribution in [0.25, 0.3) is 0 Å². The highest BCUT2D eigenvalue weighted by molar-refractivity contribution is 5.88. The Kier molecular flexibility index (Phi) is 6.72. The summed E-state index contributed by atoms with van der Waals surface area (Å²) < 4.78 is 0. The molecule has 94 valence electrons. The predicted molar refractivity (Wildman–Crippen MR) is 63.7 cm³/mol. The third kappa shape index (κ3) is 5.11. The van der Waals surface area contributed by atoms with E-state index in [1.54, 1.807) is 14.0 Å². The number of hydrogen-bond acceptors (Lipinski definition) is 3. The molecule has 5 nitrogen and oxygen atoms in total. The molecule has 0 aromatic heterocycles. The summed E-state index contributed by atoms with van der Waals surface area (Å²) in [7, 11) is 1.56. The van der Waals surface area contributed by atoms with Crippen molar-refractivity contribution in [2.45, 2.75) is 33.2 Å². The number of hydrogen-bond donors (Lipinski definition) is 3. The summed E-state index contributed by atoms with van der Waals surface area (Å²) in [5.41, 5.74) is 5.40. The summed E-state index contributed by atoms with van der Waals surface area (Å²) in [5.74, 6) is -0.252. The molecule has 0 radical (unpaired) electrons. The molecule has 0 spiro atoms. The molecule has 0 aliphatic heterocycles. The van der Waals surface area contributed by atoms with E-state index in [4.69, 9.17) is 5.73 Å². The SMILES string of the molecule is CNC(=O)C(CC(C)C)NC(=O)C(C)CN. The topological polar surface area (TPSA) is 84.2 Å². The van der Waals surface area contributed by atoms with Crippen molar-refractivity contribution in [1.29, 1.82) is 0 Å². The van der Waals surface area contributed by atoms with Gasteiger partial charge in [0.25, 0.3) is 0 Å². The first-order chi connectivity index (χ1) is 7.42. The number of carbonyl (C=O) groups excluding carboxylic acids is 2. The molecule has 0 aromatic rings. The van der Waals surface area contributed by atoms with E-state index in [9.17, 15) is 9.59 Å². The van der Waals surface area contributed by atoms with Gasteiger partial charge in [-0.15, -0.1) is 0 Å². The van der Waals surface area contributed by atoms with Gasteiger partial charge in [-0.25, -0.2) is 0 Å². The molecule has 2 atom stereocenters. The van der Waals surface area contributed by atoms with Crippen molar-refractivity contribution in [3.8, 4) is 0 Å². The van der Waals surface area contributed by atoms with Gasteiger partial charge in [-0.2, -0.15) is 0 Å². The van der Waals surface area contributed by atoms with Gasteiger partial charge >= 0.3 is 0 Å². The lowest BCUT2D eigenvalue weighted by Crippen LogP contribution is -2.48. The van der Waals surface area contributed by atoms with Gasteiger partial charge in [0.05, 0.1) is 0 Å². The zero-order valence-electron chi connectivity index (χ0n) is 10.5. The average molecular weight is 229 g/mol. The monoisotopic (exact) mass is 229 g/mol. The smallest absolute Gasteiger partial charge is 0.242 e. The van der Waals surface area contributed by atoms with Crippen LogP contribution >= 0.6 is 0 Å². The Morgan fingerprint density at radius 3 is 2.12 bits per heavy atom. The number of nitrogens with one attached hydrogen (secondary N) is 2. The van der Waals surface area contributed by atoms with Crippen molar-refractivity contribution in [2.75, 3.05) is 13.6 Å². The summed E-state index contributed by atoms with van der Waals surface area (Å²) in [6.07, 6.45) is 0.628. The van der Waals surface area contributed by atoms with Crippen molar-refractivity contribution < 1.29 is 9.59 Å². The normalized spacial score (nSPS) is 14.4. The third-order valence-corrected chi connectivity index (χ3v) is 2.39. The van der Waals surface area contributed by atoms with Crippen molar-refractivity contribution in [1.82, 2.24) is 10.6 Å². The van der Waals surface area contributed by atoms with Gasteiger partial charge in [0.1, 0.15) is 6.04 Å². The second-order valence-corrected chi connectivity index (χ2v) is 4.44. The minimum absolute atomic E-state index is 0.161. The number of likely N-dealkylation sites (N-methyl/N-ethyl adjacent to an activating group) is 1. The van der Waals surface area contributed by atoms with Crippen molar-refractivity contribution in [2.24, 2.45) is 17.6 Å². The first kappa shape index (κ1) is 14.9. The van der Waals surface area contributed by atoms with Crippen LogP contribution in [-0.2, 0) is 9.59 Å². The third-order valence-electron chi connectivity index (χ3n) is 2.39. The van der Waals surface area contributed by atoms with Crippen molar-refractivity contribution in [3.63, 3.8) is 0 Å². The standard InChI is InChI=1S/C11H23N3O2/c1-7(2)5-9(11(16)13-4)14-10(15)8(3)6-12/h7-9H,5-6,12H2,1-4H3,(H,13,16)(H,14,15). The number of amides is 2. The lowest BCUT2D eigenvalue weighted by atomic mass is 10.0. The Bertz CT molecular complexity index is 241. The number of rotatable bonds is 6. The van der Waals surface area contributed by atoms with Crippen LogP contribution in [0.5, 0.6) is 0 Å². The lowest BCUT2D eigenvalue weighted by molar-refractivity contribution is -0.130. The Balaban J connectivity index is 4.42. The molecular weight excluding hydrogens is 206 g/mol. The zero-order chi connectivity index (χ0) is 12.7. The fraction of sp³-hybridized carbons (Fsp3) is 0.818. The van der Waals surface area contributed by atoms with Crippen LogP contribution < -0.4 is 16.4 Å². The van der Waals surface area contributed by atoms with Crippen molar-refractivity contribution in [3.05, 3.63) is 0 Å². The van der Waals surface area contributed by atoms with E-state index in [2.05, 4.69) is 10.6 Å². The molecule has 2 amide bonds. The maximum absolute atomic E-state index is 11.6. The quantitative estimate of drug-likeness (QED) is 0.592. The summed E-state index contributed by atoms with van der Waals surface area (Å²) in [4.78, 5) is 23.2. The Labute approximate surface area is 97.2 Å². The molecule has 0 heterocycles. The molecule has 5 heteroatoms. The number of carbonyl (C=O) groups is 2. The molecule has 0 saturated carbocycles. The molecule has 0 saturated heterocycles. The van der Waals surface area contributed by atoms with Gasteiger partial charge in [0.15, 0.2) is 0 Å². The molecule has 0 bridgehead atoms. The van der Waals surface area contributed by atoms with Gasteiger partial charge in [0, 0.05) is 19.5 Å². The summed E-state index contributed by atoms with van der Waals surface area (Å²) in [6.45, 7) is 6.04. The molecule has 0 rings (SSSR count). The fourth-order valence-corrected chi connectivity index (χ4v) is 1.30. The maximum Gasteiger partial charge on any atom is 0.242 e. The fourth-order valence-electron chi connectivity index (χ4n) is 1.30. The van der Waals surface area contributed by atoms with Gasteiger partial charge < -0.3 is 16.4 Å². The molecule has 2 unspecified atom stereocenters. The zero-order valence-corrected chi connectivity index (χ0v) is 10.5. The molecule has 0 fully saturated rings. The summed E-state index contributed by atoms with van der Waals surface area (Å²) in [5, 5.41) is 5.27. The number of nitrogens with two attached hydrogens (primary N) is 1. The second-order valence-electron chi connectivity index (χ2n) is 4.44. The Morgan fingerprint density at radius 1 is 1.19 bits per heavy atom. The molecule has 0 aromatic carbocycles. The minimum atomic E-state index is -0.466. The highest BCUT2D eigenvalue weighted by Crippen LogP contribution is 2.06. The summed E-state index contributed by atoms with van der Waals surface area (Å²) in [6, 6.07) is -0.466. The van der Waals surface area contributed by atoms with Gasteiger partial charge in [-0.3, -0.25) is 9.59 Å². The van der Waals surface area contributed by atoms with Crippen LogP contribution in [-0.4, -0.2) is 31.4 Å². The minimum Gasteiger partial charge on any atom is -0.357 e. The van der Waals surface area contributed by atoms with E-state index in [1.807, 2.05) is 13.8 Å². The molecular formula is C11H23N3O2. The van der Waals surface area contributed by atoms with Crippen LogP contribution in [0.2, 0.25) is 0 Å². The predicted octanol–water partition coefficient (Wildman–Crippen LogP) is -0.142. The highest BCUT2D eigenvalue weighted by Gasteiger charge is 2.22. The van der Waals surface area contributed by atoms with E-state index in [0.717, 1.165) is 0 Å². The van der Waals surface area contributed by atoms with E-state index >= 15 is 0 Å². The molecule has 16 heavy (non-hydrogen) atoms. The van der Waals surface area contributed by atoms with Crippen LogP contribution in [0.3, 0.4) is 0 Å². The van der Waals surface area contributed by atoms with E-state index in [1.165, 1.54) is 0 Å². The van der Waals surface area contributed by atoms with Crippen LogP contribution in [0, 0.1) is 11.8 Å². The van der Waals surface area contributed by atoms with Crippen LogP contribution in [0.4, 0.5) is 0 Å². The largest absolute Gasteiger partial charge is 0.357 e. The van der Waals surface area contributed by atoms with E-state index < -0.39 is 6.04 Å². The molecule has 4 N–H and O–H groups in total. The van der Waals surface area contributed by atoms with E-state index in [0.29, 0.717) is 12.3 Å². The van der Waals surface area contributed by atoms with Crippen LogP contribution in [0.15, 0.2) is 0 Å². The van der Waals surface area contributed by atoms with E-state index in [-0.39, 0.29) is 24.3 Å². The Hall–Kier alpha value is -1.10. The molecule has 0 aliphatic rings. The molecule has 0 aliphatic carbocycles. The van der Waals surface area contributed by atoms with Gasteiger partial charge in [-0.1, -0.05) is 20.8 Å².